The summed E-state index contributed by atoms with van der Waals surface area (Å²) in [6, 6.07) is 0.355. The van der Waals surface area contributed by atoms with Gasteiger partial charge in [0.05, 0.1) is 5.41 Å². The van der Waals surface area contributed by atoms with Crippen LogP contribution in [0.5, 0.6) is 0 Å². The Morgan fingerprint density at radius 2 is 1.78 bits per heavy atom. The Balaban J connectivity index is 1.53. The molecule has 2 bridgehead atoms. The zero-order chi connectivity index (χ0) is 13.1. The summed E-state index contributed by atoms with van der Waals surface area (Å²) in [6.45, 7) is 3.21. The molecule has 3 saturated carbocycles. The van der Waals surface area contributed by atoms with Crippen molar-refractivity contribution < 1.29 is 14.7 Å². The van der Waals surface area contributed by atoms with Gasteiger partial charge in [-0.1, -0.05) is 0 Å². The van der Waals surface area contributed by atoms with E-state index in [0.717, 1.165) is 11.8 Å². The molecule has 100 valence electrons. The number of aliphatic carboxylic acids is 1. The van der Waals surface area contributed by atoms with Gasteiger partial charge in [0, 0.05) is 12.5 Å². The van der Waals surface area contributed by atoms with E-state index in [1.807, 2.05) is 0 Å². The van der Waals surface area contributed by atoms with Gasteiger partial charge in [-0.25, -0.2) is 0 Å². The highest BCUT2D eigenvalue weighted by Gasteiger charge is 2.65. The highest BCUT2D eigenvalue weighted by atomic mass is 16.4. The molecule has 3 aliphatic rings. The van der Waals surface area contributed by atoms with Gasteiger partial charge in [0.25, 0.3) is 0 Å². The highest BCUT2D eigenvalue weighted by molar-refractivity contribution is 5.84. The molecule has 0 radical (unpaired) electrons. The first kappa shape index (κ1) is 12.0. The van der Waals surface area contributed by atoms with Crippen molar-refractivity contribution in [2.24, 2.45) is 29.1 Å². The quantitative estimate of drug-likeness (QED) is 0.798. The largest absolute Gasteiger partial charge is 0.481 e. The third-order valence-electron chi connectivity index (χ3n) is 5.24. The zero-order valence-corrected chi connectivity index (χ0v) is 11.0. The van der Waals surface area contributed by atoms with E-state index in [0.29, 0.717) is 17.9 Å². The van der Waals surface area contributed by atoms with Crippen LogP contribution in [-0.4, -0.2) is 23.0 Å². The van der Waals surface area contributed by atoms with Crippen LogP contribution in [0.25, 0.3) is 0 Å². The van der Waals surface area contributed by atoms with Crippen LogP contribution >= 0.6 is 0 Å². The van der Waals surface area contributed by atoms with Crippen LogP contribution < -0.4 is 5.32 Å². The minimum Gasteiger partial charge on any atom is -0.481 e. The first-order chi connectivity index (χ1) is 8.40. The monoisotopic (exact) mass is 251 g/mol. The lowest BCUT2D eigenvalue weighted by Gasteiger charge is -2.19. The number of carboxylic acids is 1. The molecule has 0 spiro atoms. The van der Waals surface area contributed by atoms with Crippen molar-refractivity contribution in [3.63, 3.8) is 0 Å². The number of hydrogen-bond donors (Lipinski definition) is 2. The summed E-state index contributed by atoms with van der Waals surface area (Å²) in [5.74, 6) is 2.08. The first-order valence-electron chi connectivity index (χ1n) is 6.93. The predicted octanol–water partition coefficient (Wildman–Crippen LogP) is 1.65. The fourth-order valence-electron chi connectivity index (χ4n) is 4.23. The Kier molecular flexibility index (Phi) is 2.48. The van der Waals surface area contributed by atoms with Crippen LogP contribution in [0.2, 0.25) is 0 Å². The van der Waals surface area contributed by atoms with E-state index in [1.54, 1.807) is 13.8 Å². The number of fused-ring (bicyclic) bond motifs is 5. The van der Waals surface area contributed by atoms with Crippen molar-refractivity contribution in [2.45, 2.75) is 45.6 Å². The fraction of sp³-hybridized carbons (Fsp3) is 0.857. The van der Waals surface area contributed by atoms with E-state index >= 15 is 0 Å². The van der Waals surface area contributed by atoms with Crippen molar-refractivity contribution in [2.75, 3.05) is 0 Å². The summed E-state index contributed by atoms with van der Waals surface area (Å²) in [5.41, 5.74) is -0.965. The van der Waals surface area contributed by atoms with Crippen molar-refractivity contribution in [1.29, 1.82) is 0 Å². The molecule has 4 atom stereocenters. The molecular weight excluding hydrogens is 230 g/mol. The molecule has 0 heterocycles. The van der Waals surface area contributed by atoms with E-state index in [2.05, 4.69) is 5.32 Å². The minimum absolute atomic E-state index is 0.0770. The first-order valence-corrected chi connectivity index (χ1v) is 6.93. The molecule has 4 heteroatoms. The summed E-state index contributed by atoms with van der Waals surface area (Å²) in [5, 5.41) is 12.1. The lowest BCUT2D eigenvalue weighted by Crippen LogP contribution is -2.36. The molecule has 0 saturated heterocycles. The van der Waals surface area contributed by atoms with Gasteiger partial charge in [-0.2, -0.15) is 0 Å². The normalized spacial score (nSPS) is 40.4. The lowest BCUT2D eigenvalue weighted by atomic mass is 9.89. The average molecular weight is 251 g/mol. The van der Waals surface area contributed by atoms with Gasteiger partial charge in [-0.3, -0.25) is 9.59 Å². The summed E-state index contributed by atoms with van der Waals surface area (Å²) in [6.07, 6.45) is 4.10. The van der Waals surface area contributed by atoms with Gasteiger partial charge in [0.1, 0.15) is 0 Å². The van der Waals surface area contributed by atoms with Crippen LogP contribution in [0.1, 0.15) is 39.5 Å². The maximum absolute atomic E-state index is 11.9. The van der Waals surface area contributed by atoms with Gasteiger partial charge in [-0.05, 0) is 56.8 Å². The predicted molar refractivity (Wildman–Crippen MR) is 65.8 cm³/mol. The van der Waals surface area contributed by atoms with Gasteiger partial charge < -0.3 is 10.4 Å². The van der Waals surface area contributed by atoms with Crippen LogP contribution in [0.15, 0.2) is 0 Å². The molecule has 0 aromatic heterocycles. The molecule has 0 aromatic rings. The molecule has 3 aliphatic carbocycles. The van der Waals surface area contributed by atoms with E-state index < -0.39 is 11.4 Å². The Labute approximate surface area is 107 Å². The molecule has 3 fully saturated rings. The summed E-state index contributed by atoms with van der Waals surface area (Å²) in [7, 11) is 0. The second kappa shape index (κ2) is 3.72. The topological polar surface area (TPSA) is 66.4 Å². The summed E-state index contributed by atoms with van der Waals surface area (Å²) >= 11 is 0. The van der Waals surface area contributed by atoms with Gasteiger partial charge in [-0.15, -0.1) is 0 Å². The minimum atomic E-state index is -0.965. The Bertz CT molecular complexity index is 388. The second-order valence-electron chi connectivity index (χ2n) is 6.95. The smallest absolute Gasteiger partial charge is 0.309 e. The third kappa shape index (κ3) is 1.73. The van der Waals surface area contributed by atoms with Crippen LogP contribution in [0, 0.1) is 29.1 Å². The van der Waals surface area contributed by atoms with Crippen LogP contribution in [-0.2, 0) is 9.59 Å². The van der Waals surface area contributed by atoms with Crippen molar-refractivity contribution in [3.05, 3.63) is 0 Å². The van der Waals surface area contributed by atoms with E-state index in [1.165, 1.54) is 19.3 Å². The number of carboxylic acid groups (broad SMARTS) is 1. The molecular formula is C14H21NO3. The van der Waals surface area contributed by atoms with E-state index in [4.69, 9.17) is 5.11 Å². The number of hydrogen-bond acceptors (Lipinski definition) is 2. The van der Waals surface area contributed by atoms with E-state index in [-0.39, 0.29) is 12.3 Å². The zero-order valence-electron chi connectivity index (χ0n) is 11.0. The van der Waals surface area contributed by atoms with Crippen LogP contribution in [0.4, 0.5) is 0 Å². The van der Waals surface area contributed by atoms with Crippen LogP contribution in [0.3, 0.4) is 0 Å². The molecule has 2 N–H and O–H groups in total. The Morgan fingerprint density at radius 3 is 2.28 bits per heavy atom. The highest BCUT2D eigenvalue weighted by Crippen LogP contribution is 2.65. The lowest BCUT2D eigenvalue weighted by molar-refractivity contribution is -0.149. The van der Waals surface area contributed by atoms with Gasteiger partial charge in [0.15, 0.2) is 0 Å². The van der Waals surface area contributed by atoms with Crippen molar-refractivity contribution >= 4 is 11.9 Å². The number of nitrogens with one attached hydrogen (secondary N) is 1. The number of carbonyl (C=O) groups excluding carboxylic acids is 1. The van der Waals surface area contributed by atoms with Crippen molar-refractivity contribution in [1.82, 2.24) is 5.32 Å². The maximum Gasteiger partial charge on any atom is 0.309 e. The molecule has 18 heavy (non-hydrogen) atoms. The fourth-order valence-corrected chi connectivity index (χ4v) is 4.23. The Hall–Kier alpha value is -1.06. The molecule has 4 nitrogen and oxygen atoms in total. The number of rotatable bonds is 4. The molecule has 0 aromatic carbocycles. The molecule has 1 amide bonds. The summed E-state index contributed by atoms with van der Waals surface area (Å²) in [4.78, 5) is 22.9. The number of amides is 1. The SMILES string of the molecule is CC(C)(CC(=O)NC1C2C3CCC(C3)C12)C(=O)O. The maximum atomic E-state index is 11.9. The van der Waals surface area contributed by atoms with Gasteiger partial charge in [0.2, 0.25) is 5.91 Å². The molecule has 3 rings (SSSR count). The summed E-state index contributed by atoms with van der Waals surface area (Å²) < 4.78 is 0. The molecule has 0 aliphatic heterocycles. The second-order valence-corrected chi connectivity index (χ2v) is 6.95. The number of carbonyl (C=O) groups is 2. The van der Waals surface area contributed by atoms with Crippen molar-refractivity contribution in [3.8, 4) is 0 Å². The van der Waals surface area contributed by atoms with E-state index in [9.17, 15) is 9.59 Å². The van der Waals surface area contributed by atoms with Gasteiger partial charge >= 0.3 is 5.97 Å². The third-order valence-corrected chi connectivity index (χ3v) is 5.24. The standard InChI is InChI=1S/C14H21NO3/c1-14(2,13(17)18)6-9(16)15-12-10-7-3-4-8(5-7)11(10)12/h7-8,10-12H,3-6H2,1-2H3,(H,15,16)(H,17,18). The Morgan fingerprint density at radius 1 is 1.22 bits per heavy atom. The average Bonchev–Trinajstić information content (AvgIpc) is 2.69. The molecule has 4 unspecified atom stereocenters.